The maximum Gasteiger partial charge on any atom is 0.242 e. The Morgan fingerprint density at radius 3 is 2.30 bits per heavy atom. The number of rotatable bonds is 11. The molecule has 0 saturated carbocycles. The molecule has 0 spiro atoms. The van der Waals surface area contributed by atoms with Crippen LogP contribution in [-0.4, -0.2) is 50.5 Å². The van der Waals surface area contributed by atoms with Crippen LogP contribution in [0.4, 0.5) is 5.69 Å². The van der Waals surface area contributed by atoms with Gasteiger partial charge in [-0.15, -0.1) is 0 Å². The van der Waals surface area contributed by atoms with E-state index in [1.165, 1.54) is 9.21 Å². The van der Waals surface area contributed by atoms with Gasteiger partial charge in [-0.2, -0.15) is 0 Å². The lowest BCUT2D eigenvalue weighted by atomic mass is 10.1. The van der Waals surface area contributed by atoms with Gasteiger partial charge in [-0.05, 0) is 62.2 Å². The van der Waals surface area contributed by atoms with E-state index in [9.17, 15) is 18.0 Å². The van der Waals surface area contributed by atoms with Gasteiger partial charge >= 0.3 is 0 Å². The minimum Gasteiger partial charge on any atom is -0.355 e. The smallest absolute Gasteiger partial charge is 0.242 e. The van der Waals surface area contributed by atoms with E-state index in [2.05, 4.69) is 5.32 Å². The second kappa shape index (κ2) is 12.3. The summed E-state index contributed by atoms with van der Waals surface area (Å²) in [6.07, 6.45) is 1.47. The number of carbonyl (C=O) groups excluding carboxylic acids is 2. The summed E-state index contributed by atoms with van der Waals surface area (Å²) in [5.74, 6) is -0.509. The standard InChI is InChI=1S/C23H29Cl2N3O4S/c1-4-26-23(30)17(2)27(16-18-7-5-8-20(25)15-18)22(29)9-6-14-28(33(3,31)32)21-12-10-19(24)11-13-21/h5,7-8,10-13,15,17H,4,6,9,14,16H2,1-3H3,(H,26,30)/t17-/m1/s1. The molecular formula is C23H29Cl2N3O4S. The normalized spacial score (nSPS) is 12.2. The van der Waals surface area contributed by atoms with E-state index < -0.39 is 16.1 Å². The van der Waals surface area contributed by atoms with E-state index in [1.54, 1.807) is 49.4 Å². The lowest BCUT2D eigenvalue weighted by molar-refractivity contribution is -0.140. The molecular weight excluding hydrogens is 485 g/mol. The molecule has 7 nitrogen and oxygen atoms in total. The predicted octanol–water partition coefficient (Wildman–Crippen LogP) is 4.09. The fourth-order valence-corrected chi connectivity index (χ4v) is 4.65. The third-order valence-corrected chi connectivity index (χ3v) is 6.71. The molecule has 2 rings (SSSR count). The summed E-state index contributed by atoms with van der Waals surface area (Å²) >= 11 is 12.0. The zero-order valence-electron chi connectivity index (χ0n) is 18.9. The molecule has 1 atom stereocenters. The lowest BCUT2D eigenvalue weighted by Crippen LogP contribution is -2.47. The third kappa shape index (κ3) is 8.21. The Morgan fingerprint density at radius 1 is 1.06 bits per heavy atom. The van der Waals surface area contributed by atoms with Gasteiger partial charge in [0.1, 0.15) is 6.04 Å². The van der Waals surface area contributed by atoms with Crippen molar-refractivity contribution in [3.63, 3.8) is 0 Å². The highest BCUT2D eigenvalue weighted by Gasteiger charge is 2.26. The predicted molar refractivity (Wildman–Crippen MR) is 133 cm³/mol. The van der Waals surface area contributed by atoms with Crippen LogP contribution >= 0.6 is 23.2 Å². The Kier molecular flexibility index (Phi) is 10.0. The van der Waals surface area contributed by atoms with Crippen LogP contribution in [-0.2, 0) is 26.2 Å². The van der Waals surface area contributed by atoms with Crippen LogP contribution in [0.3, 0.4) is 0 Å². The molecule has 0 heterocycles. The van der Waals surface area contributed by atoms with Gasteiger partial charge in [-0.3, -0.25) is 13.9 Å². The molecule has 0 aliphatic heterocycles. The maximum atomic E-state index is 13.1. The van der Waals surface area contributed by atoms with Gasteiger partial charge in [0.15, 0.2) is 0 Å². The summed E-state index contributed by atoms with van der Waals surface area (Å²) in [6, 6.07) is 12.9. The first kappa shape index (κ1) is 27.0. The second-order valence-electron chi connectivity index (χ2n) is 7.64. The van der Waals surface area contributed by atoms with Gasteiger partial charge in [0.05, 0.1) is 11.9 Å². The first-order chi connectivity index (χ1) is 15.5. The Bertz CT molecular complexity index is 1060. The van der Waals surface area contributed by atoms with Crippen LogP contribution in [0.5, 0.6) is 0 Å². The Balaban J connectivity index is 2.14. The first-order valence-electron chi connectivity index (χ1n) is 10.6. The summed E-state index contributed by atoms with van der Waals surface area (Å²) in [5.41, 5.74) is 1.27. The zero-order valence-corrected chi connectivity index (χ0v) is 21.3. The monoisotopic (exact) mass is 513 g/mol. The molecule has 180 valence electrons. The fourth-order valence-electron chi connectivity index (χ4n) is 3.35. The van der Waals surface area contributed by atoms with Crippen molar-refractivity contribution in [2.24, 2.45) is 0 Å². The van der Waals surface area contributed by atoms with Gasteiger partial charge in [0.25, 0.3) is 0 Å². The van der Waals surface area contributed by atoms with Crippen LogP contribution in [0.1, 0.15) is 32.3 Å². The number of anilines is 1. The third-order valence-electron chi connectivity index (χ3n) is 5.03. The highest BCUT2D eigenvalue weighted by molar-refractivity contribution is 7.92. The summed E-state index contributed by atoms with van der Waals surface area (Å²) in [5, 5.41) is 3.78. The molecule has 0 saturated heterocycles. The Morgan fingerprint density at radius 2 is 1.73 bits per heavy atom. The van der Waals surface area contributed by atoms with Crippen molar-refractivity contribution in [2.75, 3.05) is 23.7 Å². The number of halogens is 2. The van der Waals surface area contributed by atoms with Gasteiger partial charge in [-0.25, -0.2) is 8.42 Å². The number of hydrogen-bond acceptors (Lipinski definition) is 4. The Hall–Kier alpha value is -2.29. The van der Waals surface area contributed by atoms with Crippen molar-refractivity contribution in [3.8, 4) is 0 Å². The number of nitrogens with one attached hydrogen (secondary N) is 1. The quantitative estimate of drug-likeness (QED) is 0.490. The highest BCUT2D eigenvalue weighted by Crippen LogP contribution is 2.22. The van der Waals surface area contributed by atoms with E-state index in [0.717, 1.165) is 11.8 Å². The maximum absolute atomic E-state index is 13.1. The summed E-state index contributed by atoms with van der Waals surface area (Å²) in [6.45, 7) is 4.26. The van der Waals surface area contributed by atoms with Crippen molar-refractivity contribution in [1.29, 1.82) is 0 Å². The van der Waals surface area contributed by atoms with Gasteiger partial charge in [-0.1, -0.05) is 35.3 Å². The largest absolute Gasteiger partial charge is 0.355 e. The molecule has 2 amide bonds. The van der Waals surface area contributed by atoms with Gasteiger partial charge in [0.2, 0.25) is 21.8 Å². The number of hydrogen-bond donors (Lipinski definition) is 1. The van der Waals surface area contributed by atoms with Gasteiger partial charge < -0.3 is 10.2 Å². The van der Waals surface area contributed by atoms with Crippen LogP contribution in [0.25, 0.3) is 0 Å². The molecule has 2 aromatic rings. The second-order valence-corrected chi connectivity index (χ2v) is 10.4. The van der Waals surface area contributed by atoms with E-state index >= 15 is 0 Å². The molecule has 0 fully saturated rings. The lowest BCUT2D eigenvalue weighted by Gasteiger charge is -2.29. The van der Waals surface area contributed by atoms with Crippen molar-refractivity contribution < 1.29 is 18.0 Å². The molecule has 0 radical (unpaired) electrons. The molecule has 10 heteroatoms. The minimum atomic E-state index is -3.55. The molecule has 33 heavy (non-hydrogen) atoms. The van der Waals surface area contributed by atoms with E-state index in [4.69, 9.17) is 23.2 Å². The van der Waals surface area contributed by atoms with E-state index in [0.29, 0.717) is 22.3 Å². The van der Waals surface area contributed by atoms with Crippen molar-refractivity contribution >= 4 is 50.7 Å². The Labute approximate surface area is 205 Å². The van der Waals surface area contributed by atoms with Crippen LogP contribution < -0.4 is 9.62 Å². The van der Waals surface area contributed by atoms with Crippen molar-refractivity contribution in [1.82, 2.24) is 10.2 Å². The van der Waals surface area contributed by atoms with Crippen LogP contribution in [0.15, 0.2) is 48.5 Å². The molecule has 0 unspecified atom stereocenters. The number of likely N-dealkylation sites (N-methyl/N-ethyl adjacent to an activating group) is 1. The molecule has 0 bridgehead atoms. The molecule has 0 aromatic heterocycles. The SMILES string of the molecule is CCNC(=O)[C@@H](C)N(Cc1cccc(Cl)c1)C(=O)CCCN(c1ccc(Cl)cc1)S(C)(=O)=O. The number of sulfonamides is 1. The number of nitrogens with zero attached hydrogens (tertiary/aromatic N) is 2. The first-order valence-corrected chi connectivity index (χ1v) is 13.2. The average Bonchev–Trinajstić information content (AvgIpc) is 2.74. The van der Waals surface area contributed by atoms with Crippen LogP contribution in [0, 0.1) is 0 Å². The molecule has 0 aliphatic carbocycles. The summed E-state index contributed by atoms with van der Waals surface area (Å²) < 4.78 is 25.8. The van der Waals surface area contributed by atoms with Crippen molar-refractivity contribution in [3.05, 3.63) is 64.1 Å². The summed E-state index contributed by atoms with van der Waals surface area (Å²) in [4.78, 5) is 27.1. The molecule has 0 aliphatic rings. The number of amides is 2. The van der Waals surface area contributed by atoms with E-state index in [1.807, 2.05) is 13.0 Å². The van der Waals surface area contributed by atoms with E-state index in [-0.39, 0.29) is 37.7 Å². The number of benzene rings is 2. The fraction of sp³-hybridized carbons (Fsp3) is 0.391. The highest BCUT2D eigenvalue weighted by atomic mass is 35.5. The topological polar surface area (TPSA) is 86.8 Å². The minimum absolute atomic E-state index is 0.0733. The molecule has 2 aromatic carbocycles. The number of carbonyl (C=O) groups is 2. The van der Waals surface area contributed by atoms with Crippen LogP contribution in [0.2, 0.25) is 10.0 Å². The van der Waals surface area contributed by atoms with Gasteiger partial charge in [0, 0.05) is 36.1 Å². The summed E-state index contributed by atoms with van der Waals surface area (Å²) in [7, 11) is -3.55. The van der Waals surface area contributed by atoms with Crippen molar-refractivity contribution in [2.45, 2.75) is 39.3 Å². The zero-order chi connectivity index (χ0) is 24.6. The molecule has 1 N–H and O–H groups in total. The average molecular weight is 514 g/mol.